The molecule has 0 aliphatic heterocycles. The van der Waals surface area contributed by atoms with Crippen LogP contribution < -0.4 is 10.6 Å². The van der Waals surface area contributed by atoms with Gasteiger partial charge in [0.05, 0.1) is 11.0 Å². The number of nitro groups is 1. The standard InChI is InChI=1S/C21H28FN3O3/c1-12(20(26)24-17-3-4-18(22)19(8-17)25(27)28)23-13(2)21-9-14-5-15(10-21)7-16(6-14)11-21/h3-4,8,12-16,23H,5-7,9-11H2,1-2H3,(H,24,26)/p+1/t12-,13+,14?,15?,16?,21?/m0/s1. The number of nitrogens with one attached hydrogen (secondary N) is 1. The van der Waals surface area contributed by atoms with Crippen LogP contribution in [0.25, 0.3) is 0 Å². The number of halogens is 1. The quantitative estimate of drug-likeness (QED) is 0.577. The lowest BCUT2D eigenvalue weighted by Crippen LogP contribution is -2.98. The topological polar surface area (TPSA) is 88.8 Å². The van der Waals surface area contributed by atoms with Crippen LogP contribution in [0.1, 0.15) is 52.4 Å². The molecule has 0 radical (unpaired) electrons. The molecule has 0 aromatic heterocycles. The van der Waals surface area contributed by atoms with Crippen molar-refractivity contribution in [2.24, 2.45) is 23.2 Å². The largest absolute Gasteiger partial charge is 0.334 e. The normalized spacial score (nSPS) is 32.8. The molecule has 0 unspecified atom stereocenters. The molecule has 4 aliphatic rings. The number of nitrogens with two attached hydrogens (primary N) is 1. The number of nitro benzene ring substituents is 1. The van der Waals surface area contributed by atoms with Crippen LogP contribution in [0.5, 0.6) is 0 Å². The third-order valence-corrected chi connectivity index (χ3v) is 7.45. The number of quaternary nitrogens is 1. The van der Waals surface area contributed by atoms with Crippen molar-refractivity contribution in [3.8, 4) is 0 Å². The average Bonchev–Trinajstić information content (AvgIpc) is 2.61. The number of carbonyl (C=O) groups excluding carboxylic acids is 1. The van der Waals surface area contributed by atoms with Crippen LogP contribution in [0.3, 0.4) is 0 Å². The lowest BCUT2D eigenvalue weighted by Gasteiger charge is -2.58. The second-order valence-electron chi connectivity index (χ2n) is 9.46. The first kappa shape index (κ1) is 19.3. The lowest BCUT2D eigenvalue weighted by atomic mass is 9.48. The van der Waals surface area contributed by atoms with Gasteiger partial charge in [-0.15, -0.1) is 0 Å². The summed E-state index contributed by atoms with van der Waals surface area (Å²) in [7, 11) is 0. The average molecular weight is 390 g/mol. The summed E-state index contributed by atoms with van der Waals surface area (Å²) in [6, 6.07) is 3.49. The van der Waals surface area contributed by atoms with E-state index in [0.717, 1.165) is 29.9 Å². The first-order chi connectivity index (χ1) is 13.3. The Labute approximate surface area is 164 Å². The van der Waals surface area contributed by atoms with E-state index in [1.54, 1.807) is 0 Å². The zero-order chi connectivity index (χ0) is 20.1. The van der Waals surface area contributed by atoms with Crippen LogP contribution in [0, 0.1) is 39.1 Å². The van der Waals surface area contributed by atoms with Gasteiger partial charge in [0.2, 0.25) is 5.82 Å². The molecule has 0 spiro atoms. The molecule has 3 N–H and O–H groups in total. The Bertz CT molecular complexity index is 762. The minimum atomic E-state index is -0.905. The molecule has 1 aromatic carbocycles. The van der Waals surface area contributed by atoms with E-state index in [1.165, 1.54) is 44.6 Å². The first-order valence-corrected chi connectivity index (χ1v) is 10.4. The molecule has 1 aromatic rings. The zero-order valence-electron chi connectivity index (χ0n) is 16.5. The Hall–Kier alpha value is -2.02. The van der Waals surface area contributed by atoms with Gasteiger partial charge in [-0.3, -0.25) is 14.9 Å². The fourth-order valence-electron chi connectivity index (χ4n) is 6.45. The zero-order valence-corrected chi connectivity index (χ0v) is 16.5. The number of nitrogens with zero attached hydrogens (tertiary/aromatic N) is 1. The van der Waals surface area contributed by atoms with Gasteiger partial charge in [-0.25, -0.2) is 0 Å². The summed E-state index contributed by atoms with van der Waals surface area (Å²) in [5, 5.41) is 15.7. The van der Waals surface area contributed by atoms with Crippen molar-refractivity contribution in [2.45, 2.75) is 64.5 Å². The Balaban J connectivity index is 1.40. The highest BCUT2D eigenvalue weighted by Crippen LogP contribution is 2.60. The van der Waals surface area contributed by atoms with Gasteiger partial charge >= 0.3 is 5.69 Å². The van der Waals surface area contributed by atoms with Crippen molar-refractivity contribution in [2.75, 3.05) is 5.32 Å². The molecular formula is C21H29FN3O3+. The summed E-state index contributed by atoms with van der Waals surface area (Å²) < 4.78 is 13.5. The molecule has 6 nitrogen and oxygen atoms in total. The fourth-order valence-corrected chi connectivity index (χ4v) is 6.45. The van der Waals surface area contributed by atoms with Crippen molar-refractivity contribution < 1.29 is 19.4 Å². The number of anilines is 1. The molecule has 2 atom stereocenters. The van der Waals surface area contributed by atoms with Crippen LogP contribution in [-0.2, 0) is 4.79 Å². The van der Waals surface area contributed by atoms with Gasteiger partial charge in [0, 0.05) is 17.2 Å². The summed E-state index contributed by atoms with van der Waals surface area (Å²) in [5.74, 6) is 1.48. The van der Waals surface area contributed by atoms with Gasteiger partial charge in [-0.2, -0.15) is 4.39 Å². The number of hydrogen-bond donors (Lipinski definition) is 2. The van der Waals surface area contributed by atoms with Gasteiger partial charge in [0.25, 0.3) is 5.91 Å². The molecule has 1 amide bonds. The third-order valence-electron chi connectivity index (χ3n) is 7.45. The summed E-state index contributed by atoms with van der Waals surface area (Å²) in [4.78, 5) is 22.7. The molecule has 152 valence electrons. The summed E-state index contributed by atoms with van der Waals surface area (Å²) in [5.41, 5.74) is -0.0324. The van der Waals surface area contributed by atoms with Crippen LogP contribution in [-0.4, -0.2) is 22.9 Å². The number of carbonyl (C=O) groups is 1. The highest BCUT2D eigenvalue weighted by Gasteiger charge is 2.54. The summed E-state index contributed by atoms with van der Waals surface area (Å²) in [6.45, 7) is 4.12. The van der Waals surface area contributed by atoms with E-state index in [9.17, 15) is 19.3 Å². The summed E-state index contributed by atoms with van der Waals surface area (Å²) >= 11 is 0. The van der Waals surface area contributed by atoms with Crippen molar-refractivity contribution in [1.29, 1.82) is 0 Å². The van der Waals surface area contributed by atoms with E-state index in [2.05, 4.69) is 17.6 Å². The molecule has 0 saturated heterocycles. The Morgan fingerprint density at radius 1 is 1.21 bits per heavy atom. The molecule has 4 bridgehead atoms. The maximum Gasteiger partial charge on any atom is 0.306 e. The lowest BCUT2D eigenvalue weighted by molar-refractivity contribution is -0.718. The summed E-state index contributed by atoms with van der Waals surface area (Å²) in [6.07, 6.45) is 8.04. The van der Waals surface area contributed by atoms with Crippen molar-refractivity contribution >= 4 is 17.3 Å². The van der Waals surface area contributed by atoms with E-state index in [1.807, 2.05) is 6.92 Å². The number of amides is 1. The highest BCUT2D eigenvalue weighted by molar-refractivity contribution is 5.93. The second-order valence-corrected chi connectivity index (χ2v) is 9.46. The molecule has 7 heteroatoms. The van der Waals surface area contributed by atoms with E-state index in [0.29, 0.717) is 11.5 Å². The maximum absolute atomic E-state index is 13.5. The monoisotopic (exact) mass is 390 g/mol. The highest BCUT2D eigenvalue weighted by atomic mass is 19.1. The van der Waals surface area contributed by atoms with Gasteiger partial charge in [0.15, 0.2) is 6.04 Å². The van der Waals surface area contributed by atoms with Crippen LogP contribution in [0.4, 0.5) is 15.8 Å². The number of hydrogen-bond acceptors (Lipinski definition) is 3. The van der Waals surface area contributed by atoms with Crippen molar-refractivity contribution in [1.82, 2.24) is 0 Å². The first-order valence-electron chi connectivity index (χ1n) is 10.4. The van der Waals surface area contributed by atoms with E-state index >= 15 is 0 Å². The number of benzene rings is 1. The predicted molar refractivity (Wildman–Crippen MR) is 103 cm³/mol. The Morgan fingerprint density at radius 3 is 2.32 bits per heavy atom. The molecule has 4 aliphatic carbocycles. The van der Waals surface area contributed by atoms with E-state index < -0.39 is 16.4 Å². The smallest absolute Gasteiger partial charge is 0.306 e. The predicted octanol–water partition coefficient (Wildman–Crippen LogP) is 3.23. The Morgan fingerprint density at radius 2 is 1.79 bits per heavy atom. The van der Waals surface area contributed by atoms with Gasteiger partial charge < -0.3 is 10.6 Å². The molecule has 4 saturated carbocycles. The second kappa shape index (κ2) is 7.10. The molecule has 28 heavy (non-hydrogen) atoms. The molecular weight excluding hydrogens is 361 g/mol. The van der Waals surface area contributed by atoms with E-state index in [-0.39, 0.29) is 17.6 Å². The minimum Gasteiger partial charge on any atom is -0.334 e. The maximum atomic E-state index is 13.5. The molecule has 4 fully saturated rings. The van der Waals surface area contributed by atoms with E-state index in [4.69, 9.17) is 0 Å². The fraction of sp³-hybridized carbons (Fsp3) is 0.667. The number of rotatable bonds is 6. The van der Waals surface area contributed by atoms with Crippen LogP contribution in [0.15, 0.2) is 18.2 Å². The van der Waals surface area contributed by atoms with Crippen LogP contribution in [0.2, 0.25) is 0 Å². The van der Waals surface area contributed by atoms with Crippen LogP contribution >= 0.6 is 0 Å². The molecule has 0 heterocycles. The van der Waals surface area contributed by atoms with Crippen molar-refractivity contribution in [3.05, 3.63) is 34.1 Å². The van der Waals surface area contributed by atoms with Gasteiger partial charge in [-0.05, 0) is 82.3 Å². The van der Waals surface area contributed by atoms with Gasteiger partial charge in [0.1, 0.15) is 0 Å². The van der Waals surface area contributed by atoms with Crippen molar-refractivity contribution in [3.63, 3.8) is 0 Å². The minimum absolute atomic E-state index is 0.211. The van der Waals surface area contributed by atoms with Gasteiger partial charge in [-0.1, -0.05) is 0 Å². The Kier molecular flexibility index (Phi) is 4.89. The molecule has 5 rings (SSSR count). The SMILES string of the molecule is C[C@H]([NH2+][C@H](C)C12CC3CC(CC(C3)C1)C2)C(=O)Nc1ccc(F)c([N+](=O)[O-])c1. The third kappa shape index (κ3) is 3.52.